The third-order valence-electron chi connectivity index (χ3n) is 3.11. The summed E-state index contributed by atoms with van der Waals surface area (Å²) in [5, 5.41) is 9.21. The van der Waals surface area contributed by atoms with Crippen molar-refractivity contribution < 1.29 is 9.59 Å². The van der Waals surface area contributed by atoms with E-state index in [9.17, 15) is 9.59 Å². The van der Waals surface area contributed by atoms with Crippen molar-refractivity contribution in [1.82, 2.24) is 15.6 Å². The van der Waals surface area contributed by atoms with Crippen LogP contribution in [-0.4, -0.2) is 35.9 Å². The number of hydrogen-bond acceptors (Lipinski definition) is 6. The number of thiazole rings is 1. The van der Waals surface area contributed by atoms with E-state index >= 15 is 0 Å². The summed E-state index contributed by atoms with van der Waals surface area (Å²) in [6, 6.07) is -0.486. The number of piperidine rings is 1. The van der Waals surface area contributed by atoms with Gasteiger partial charge in [-0.3, -0.25) is 9.59 Å². The predicted octanol–water partition coefficient (Wildman–Crippen LogP) is 0.802. The zero-order valence-corrected chi connectivity index (χ0v) is 13.0. The van der Waals surface area contributed by atoms with Crippen LogP contribution in [0, 0.1) is 5.92 Å². The van der Waals surface area contributed by atoms with Gasteiger partial charge in [-0.05, 0) is 18.8 Å². The van der Waals surface area contributed by atoms with Gasteiger partial charge in [0.05, 0.1) is 0 Å². The molecule has 21 heavy (non-hydrogen) atoms. The summed E-state index contributed by atoms with van der Waals surface area (Å²) in [5.74, 6) is 0.179. The second-order valence-corrected chi connectivity index (χ2v) is 6.47. The Kier molecular flexibility index (Phi) is 5.00. The zero-order chi connectivity index (χ0) is 15.4. The third kappa shape index (κ3) is 4.07. The Balaban J connectivity index is 2.00. The van der Waals surface area contributed by atoms with E-state index in [1.807, 2.05) is 0 Å². The number of nitrogens with zero attached hydrogens (tertiary/aromatic N) is 1. The zero-order valence-electron chi connectivity index (χ0n) is 12.2. The van der Waals surface area contributed by atoms with E-state index in [0.717, 1.165) is 13.0 Å². The summed E-state index contributed by atoms with van der Waals surface area (Å²) in [6.45, 7) is 5.59. The van der Waals surface area contributed by atoms with E-state index < -0.39 is 6.04 Å². The number of carbonyl (C=O) groups excluding carboxylic acids is 2. The minimum Gasteiger partial charge on any atom is -0.382 e. The number of aromatic nitrogens is 1. The van der Waals surface area contributed by atoms with Gasteiger partial charge in [-0.15, -0.1) is 0 Å². The first-order valence-electron chi connectivity index (χ1n) is 7.06. The van der Waals surface area contributed by atoms with Crippen LogP contribution >= 0.6 is 11.3 Å². The summed E-state index contributed by atoms with van der Waals surface area (Å²) >= 11 is 1.21. The van der Waals surface area contributed by atoms with Crippen LogP contribution in [0.2, 0.25) is 0 Å². The lowest BCUT2D eigenvalue weighted by atomic mass is 10.1. The summed E-state index contributed by atoms with van der Waals surface area (Å²) in [4.78, 5) is 28.3. The Bertz CT molecular complexity index is 529. The maximum absolute atomic E-state index is 12.2. The second kappa shape index (κ2) is 6.75. The van der Waals surface area contributed by atoms with Crippen LogP contribution in [0.25, 0.3) is 0 Å². The molecular formula is C13H21N5O2S. The van der Waals surface area contributed by atoms with Gasteiger partial charge in [-0.2, -0.15) is 0 Å². The van der Waals surface area contributed by atoms with Gasteiger partial charge in [0, 0.05) is 13.1 Å². The second-order valence-electron chi connectivity index (χ2n) is 5.47. The van der Waals surface area contributed by atoms with Gasteiger partial charge >= 0.3 is 0 Å². The van der Waals surface area contributed by atoms with Gasteiger partial charge in [0.2, 0.25) is 5.91 Å². The lowest BCUT2D eigenvalue weighted by molar-refractivity contribution is -0.124. The smallest absolute Gasteiger partial charge is 0.265 e. The Hall–Kier alpha value is -1.83. The molecule has 2 amide bonds. The fraction of sp³-hybridized carbons (Fsp3) is 0.615. The van der Waals surface area contributed by atoms with Crippen LogP contribution < -0.4 is 21.7 Å². The number of nitrogen functional groups attached to an aromatic ring is 1. The molecule has 0 saturated carbocycles. The van der Waals surface area contributed by atoms with Crippen molar-refractivity contribution in [3.63, 3.8) is 0 Å². The maximum Gasteiger partial charge on any atom is 0.265 e. The average molecular weight is 311 g/mol. The van der Waals surface area contributed by atoms with Crippen LogP contribution in [0.4, 0.5) is 10.9 Å². The molecule has 1 unspecified atom stereocenters. The van der Waals surface area contributed by atoms with E-state index in [1.165, 1.54) is 11.3 Å². The van der Waals surface area contributed by atoms with Gasteiger partial charge in [0.15, 0.2) is 5.13 Å². The molecule has 1 aromatic rings. The van der Waals surface area contributed by atoms with Crippen molar-refractivity contribution in [2.45, 2.75) is 32.7 Å². The third-order valence-corrected chi connectivity index (χ3v) is 4.14. The first-order valence-corrected chi connectivity index (χ1v) is 7.87. The number of amides is 2. The number of anilines is 2. The highest BCUT2D eigenvalue weighted by Crippen LogP contribution is 2.25. The van der Waals surface area contributed by atoms with E-state index in [1.54, 1.807) is 0 Å². The van der Waals surface area contributed by atoms with Gasteiger partial charge in [0.25, 0.3) is 5.91 Å². The molecule has 0 bridgehead atoms. The molecule has 0 aliphatic carbocycles. The molecule has 8 heteroatoms. The molecule has 7 nitrogen and oxygen atoms in total. The first kappa shape index (κ1) is 15.6. The van der Waals surface area contributed by atoms with Gasteiger partial charge in [-0.1, -0.05) is 25.2 Å². The number of hydrogen-bond donors (Lipinski definition) is 4. The quantitative estimate of drug-likeness (QED) is 0.643. The van der Waals surface area contributed by atoms with E-state index in [0.29, 0.717) is 28.9 Å². The molecule has 1 aromatic heterocycles. The van der Waals surface area contributed by atoms with Crippen LogP contribution in [-0.2, 0) is 4.79 Å². The lowest BCUT2D eigenvalue weighted by Gasteiger charge is -2.22. The number of nitrogens with two attached hydrogens (primary N) is 1. The molecule has 1 aliphatic rings. The van der Waals surface area contributed by atoms with Crippen molar-refractivity contribution >= 4 is 34.1 Å². The molecule has 116 valence electrons. The molecule has 2 rings (SSSR count). The lowest BCUT2D eigenvalue weighted by Crippen LogP contribution is -2.50. The summed E-state index contributed by atoms with van der Waals surface area (Å²) in [5.41, 5.74) is 5.79. The average Bonchev–Trinajstić information content (AvgIpc) is 2.80. The molecule has 0 spiro atoms. The Labute approximate surface area is 127 Å². The van der Waals surface area contributed by atoms with Gasteiger partial charge in [0.1, 0.15) is 16.7 Å². The van der Waals surface area contributed by atoms with Crippen molar-refractivity contribution in [3.8, 4) is 0 Å². The van der Waals surface area contributed by atoms with Crippen molar-refractivity contribution in [2.24, 2.45) is 5.92 Å². The predicted molar refractivity (Wildman–Crippen MR) is 83.4 cm³/mol. The summed E-state index contributed by atoms with van der Waals surface area (Å²) in [6.07, 6.45) is 1.50. The number of nitrogens with one attached hydrogen (secondary N) is 3. The minimum atomic E-state index is -0.486. The van der Waals surface area contributed by atoms with Crippen LogP contribution in [0.1, 0.15) is 36.4 Å². The molecule has 1 atom stereocenters. The molecule has 1 aliphatic heterocycles. The molecule has 5 N–H and O–H groups in total. The minimum absolute atomic E-state index is 0.143. The van der Waals surface area contributed by atoms with Crippen molar-refractivity contribution in [3.05, 3.63) is 4.88 Å². The fourth-order valence-electron chi connectivity index (χ4n) is 2.00. The van der Waals surface area contributed by atoms with E-state index in [-0.39, 0.29) is 17.6 Å². The maximum atomic E-state index is 12.2. The van der Waals surface area contributed by atoms with Crippen LogP contribution in [0.5, 0.6) is 0 Å². The molecule has 1 saturated heterocycles. The largest absolute Gasteiger partial charge is 0.382 e. The van der Waals surface area contributed by atoms with Crippen LogP contribution in [0.15, 0.2) is 0 Å². The molecule has 1 fully saturated rings. The topological polar surface area (TPSA) is 109 Å². The van der Waals surface area contributed by atoms with Crippen molar-refractivity contribution in [2.75, 3.05) is 24.1 Å². The summed E-state index contributed by atoms with van der Waals surface area (Å²) in [7, 11) is 0. The normalized spacial score (nSPS) is 18.4. The van der Waals surface area contributed by atoms with E-state index in [4.69, 9.17) is 5.73 Å². The molecular weight excluding hydrogens is 290 g/mol. The highest BCUT2D eigenvalue weighted by Gasteiger charge is 2.26. The number of carbonyl (C=O) groups is 2. The van der Waals surface area contributed by atoms with Gasteiger partial charge in [-0.25, -0.2) is 4.98 Å². The first-order chi connectivity index (χ1) is 9.97. The SMILES string of the molecule is CC(C)CNc1nc(N)c(C(=O)NC2CCCNC2=O)s1. The highest BCUT2D eigenvalue weighted by molar-refractivity contribution is 7.18. The number of rotatable bonds is 5. The van der Waals surface area contributed by atoms with Crippen molar-refractivity contribution in [1.29, 1.82) is 0 Å². The fourth-order valence-corrected chi connectivity index (χ4v) is 2.79. The van der Waals surface area contributed by atoms with E-state index in [2.05, 4.69) is 34.8 Å². The standard InChI is InChI=1S/C13H21N5O2S/c1-7(2)6-16-13-18-10(14)9(21-13)12(20)17-8-4-3-5-15-11(8)19/h7-8H,3-6,14H2,1-2H3,(H,15,19)(H,16,18)(H,17,20). The Morgan fingerprint density at radius 1 is 1.57 bits per heavy atom. The monoisotopic (exact) mass is 311 g/mol. The molecule has 0 aromatic carbocycles. The molecule has 0 radical (unpaired) electrons. The van der Waals surface area contributed by atoms with Crippen LogP contribution in [0.3, 0.4) is 0 Å². The van der Waals surface area contributed by atoms with Gasteiger partial charge < -0.3 is 21.7 Å². The Morgan fingerprint density at radius 3 is 3.00 bits per heavy atom. The summed E-state index contributed by atoms with van der Waals surface area (Å²) < 4.78 is 0. The highest BCUT2D eigenvalue weighted by atomic mass is 32.1. The Morgan fingerprint density at radius 2 is 2.33 bits per heavy atom. The molecule has 2 heterocycles.